The molecule has 1 aromatic carbocycles. The molecule has 0 unspecified atom stereocenters. The van der Waals surface area contributed by atoms with Crippen molar-refractivity contribution in [1.82, 2.24) is 0 Å². The average molecular weight is 263 g/mol. The van der Waals surface area contributed by atoms with Gasteiger partial charge in [-0.1, -0.05) is 18.5 Å². The topological polar surface area (TPSA) is 68.1 Å². The highest BCUT2D eigenvalue weighted by molar-refractivity contribution is 6.49. The zero-order valence-electron chi connectivity index (χ0n) is 11.1. The maximum atomic E-state index is 11.9. The van der Waals surface area contributed by atoms with Gasteiger partial charge in [-0.15, -0.1) is 0 Å². The van der Waals surface area contributed by atoms with Crippen molar-refractivity contribution in [3.63, 3.8) is 0 Å². The molecule has 19 heavy (non-hydrogen) atoms. The molecule has 0 heterocycles. The number of hydrogen-bond acceptors (Lipinski definition) is 5. The molecule has 0 spiro atoms. The number of carbonyl (C=O) groups excluding carboxylic acids is 1. The summed E-state index contributed by atoms with van der Waals surface area (Å²) in [5.41, 5.74) is 1.39. The smallest absolute Gasteiger partial charge is 0.211 e. The largest absolute Gasteiger partial charge is 0.493 e. The Morgan fingerprint density at radius 1 is 1.42 bits per heavy atom. The lowest BCUT2D eigenvalue weighted by Crippen LogP contribution is -2.06. The van der Waals surface area contributed by atoms with E-state index >= 15 is 0 Å². The van der Waals surface area contributed by atoms with Gasteiger partial charge < -0.3 is 14.7 Å². The molecule has 102 valence electrons. The van der Waals surface area contributed by atoms with Crippen LogP contribution in [0.15, 0.2) is 17.3 Å². The Morgan fingerprint density at radius 2 is 2.21 bits per heavy atom. The Labute approximate surface area is 111 Å². The zero-order chi connectivity index (χ0) is 13.8. The lowest BCUT2D eigenvalue weighted by atomic mass is 10.1. The summed E-state index contributed by atoms with van der Waals surface area (Å²) in [6, 6.07) is 3.42. The van der Waals surface area contributed by atoms with E-state index < -0.39 is 0 Å². The van der Waals surface area contributed by atoms with Gasteiger partial charge in [-0.25, -0.2) is 0 Å². The predicted octanol–water partition coefficient (Wildman–Crippen LogP) is 2.44. The molecule has 2 rings (SSSR count). The summed E-state index contributed by atoms with van der Waals surface area (Å²) in [6.07, 6.45) is 2.29. The molecule has 1 aromatic rings. The summed E-state index contributed by atoms with van der Waals surface area (Å²) in [6.45, 7) is 2.70. The average Bonchev–Trinajstić information content (AvgIpc) is 2.75. The van der Waals surface area contributed by atoms with Crippen LogP contribution in [-0.2, 0) is 6.42 Å². The fourth-order valence-electron chi connectivity index (χ4n) is 2.14. The summed E-state index contributed by atoms with van der Waals surface area (Å²) in [5.74, 6) is 0.929. The summed E-state index contributed by atoms with van der Waals surface area (Å²) >= 11 is 0. The second kappa shape index (κ2) is 5.73. The number of hydrogen-bond donors (Lipinski definition) is 1. The molecule has 5 nitrogen and oxygen atoms in total. The third-order valence-corrected chi connectivity index (χ3v) is 3.16. The van der Waals surface area contributed by atoms with Crippen LogP contribution in [0.4, 0.5) is 0 Å². The lowest BCUT2D eigenvalue weighted by Gasteiger charge is -2.13. The monoisotopic (exact) mass is 263 g/mol. The minimum atomic E-state index is -0.254. The van der Waals surface area contributed by atoms with E-state index in [-0.39, 0.29) is 17.9 Å². The SMILES string of the molecule is CCCCOc1ccc2c(c1OC)C/C(=N\O)C2=O. The molecule has 0 saturated carbocycles. The van der Waals surface area contributed by atoms with Crippen molar-refractivity contribution in [2.24, 2.45) is 5.16 Å². The highest BCUT2D eigenvalue weighted by Gasteiger charge is 2.31. The van der Waals surface area contributed by atoms with E-state index in [1.807, 2.05) is 0 Å². The van der Waals surface area contributed by atoms with Crippen molar-refractivity contribution >= 4 is 11.5 Å². The van der Waals surface area contributed by atoms with E-state index in [9.17, 15) is 4.79 Å². The summed E-state index contributed by atoms with van der Waals surface area (Å²) in [5, 5.41) is 11.8. The first-order valence-corrected chi connectivity index (χ1v) is 6.31. The van der Waals surface area contributed by atoms with Gasteiger partial charge in [0, 0.05) is 17.5 Å². The van der Waals surface area contributed by atoms with Gasteiger partial charge >= 0.3 is 0 Å². The molecule has 0 amide bonds. The van der Waals surface area contributed by atoms with E-state index in [0.29, 0.717) is 23.7 Å². The molecule has 0 bridgehead atoms. The number of ketones is 1. The predicted molar refractivity (Wildman–Crippen MR) is 70.7 cm³/mol. The molecule has 5 heteroatoms. The Morgan fingerprint density at radius 3 is 2.84 bits per heavy atom. The van der Waals surface area contributed by atoms with Crippen LogP contribution in [0.3, 0.4) is 0 Å². The number of ether oxygens (including phenoxy) is 2. The quantitative estimate of drug-likeness (QED) is 0.503. The van der Waals surface area contributed by atoms with Gasteiger partial charge in [0.2, 0.25) is 5.78 Å². The Bertz CT molecular complexity index is 522. The van der Waals surface area contributed by atoms with Crippen LogP contribution >= 0.6 is 0 Å². The van der Waals surface area contributed by atoms with E-state index in [1.54, 1.807) is 19.2 Å². The van der Waals surface area contributed by atoms with E-state index in [1.165, 1.54) is 0 Å². The normalized spacial score (nSPS) is 15.7. The zero-order valence-corrected chi connectivity index (χ0v) is 11.1. The fraction of sp³-hybridized carbons (Fsp3) is 0.429. The van der Waals surface area contributed by atoms with Gasteiger partial charge in [0.25, 0.3) is 0 Å². The van der Waals surface area contributed by atoms with E-state index in [0.717, 1.165) is 18.4 Å². The molecule has 0 saturated heterocycles. The Hall–Kier alpha value is -2.04. The van der Waals surface area contributed by atoms with Gasteiger partial charge in [0.05, 0.1) is 13.7 Å². The third-order valence-electron chi connectivity index (χ3n) is 3.16. The number of Topliss-reactive ketones (excluding diaryl/α,β-unsaturated/α-hetero) is 1. The van der Waals surface area contributed by atoms with Crippen LogP contribution in [0.25, 0.3) is 0 Å². The highest BCUT2D eigenvalue weighted by atomic mass is 16.5. The number of methoxy groups -OCH3 is 1. The fourth-order valence-corrected chi connectivity index (χ4v) is 2.14. The Kier molecular flexibility index (Phi) is 4.04. The number of carbonyl (C=O) groups is 1. The van der Waals surface area contributed by atoms with Crippen LogP contribution in [0.2, 0.25) is 0 Å². The molecule has 1 aliphatic carbocycles. The number of benzene rings is 1. The molecular formula is C14H17NO4. The standard InChI is InChI=1S/C14H17NO4/c1-3-4-7-19-12-6-5-9-10(14(12)18-2)8-11(15-17)13(9)16/h5-6,17H,3-4,7-8H2,1-2H3/b15-11+. The van der Waals surface area contributed by atoms with E-state index in [4.69, 9.17) is 14.7 Å². The molecule has 0 fully saturated rings. The van der Waals surface area contributed by atoms with Gasteiger partial charge in [-0.2, -0.15) is 0 Å². The molecule has 0 atom stereocenters. The van der Waals surface area contributed by atoms with Crippen molar-refractivity contribution in [2.45, 2.75) is 26.2 Å². The number of nitrogens with zero attached hydrogens (tertiary/aromatic N) is 1. The van der Waals surface area contributed by atoms with Crippen molar-refractivity contribution in [3.8, 4) is 11.5 Å². The second-order valence-electron chi connectivity index (χ2n) is 4.38. The molecular weight excluding hydrogens is 246 g/mol. The molecule has 1 aliphatic rings. The van der Waals surface area contributed by atoms with Gasteiger partial charge in [0.15, 0.2) is 11.5 Å². The Balaban J connectivity index is 2.34. The number of rotatable bonds is 5. The van der Waals surface area contributed by atoms with Crippen molar-refractivity contribution < 1.29 is 19.5 Å². The summed E-state index contributed by atoms with van der Waals surface area (Å²) in [7, 11) is 1.54. The molecule has 1 N–H and O–H groups in total. The minimum Gasteiger partial charge on any atom is -0.493 e. The highest BCUT2D eigenvalue weighted by Crippen LogP contribution is 2.37. The first kappa shape index (κ1) is 13.4. The first-order chi connectivity index (χ1) is 9.22. The van der Waals surface area contributed by atoms with Crippen LogP contribution in [0.1, 0.15) is 35.7 Å². The number of oxime groups is 1. The van der Waals surface area contributed by atoms with Crippen LogP contribution in [-0.4, -0.2) is 30.4 Å². The molecule has 0 aromatic heterocycles. The molecule has 0 radical (unpaired) electrons. The molecule has 0 aliphatic heterocycles. The van der Waals surface area contributed by atoms with Crippen molar-refractivity contribution in [2.75, 3.05) is 13.7 Å². The van der Waals surface area contributed by atoms with Gasteiger partial charge in [-0.05, 0) is 18.6 Å². The second-order valence-corrected chi connectivity index (χ2v) is 4.38. The van der Waals surface area contributed by atoms with Crippen molar-refractivity contribution in [1.29, 1.82) is 0 Å². The third kappa shape index (κ3) is 2.41. The summed E-state index contributed by atoms with van der Waals surface area (Å²) in [4.78, 5) is 11.9. The number of unbranched alkanes of at least 4 members (excludes halogenated alkanes) is 1. The van der Waals surface area contributed by atoms with Gasteiger partial charge in [-0.3, -0.25) is 4.79 Å². The minimum absolute atomic E-state index is 0.138. The summed E-state index contributed by atoms with van der Waals surface area (Å²) < 4.78 is 11.0. The van der Waals surface area contributed by atoms with Crippen LogP contribution < -0.4 is 9.47 Å². The lowest BCUT2D eigenvalue weighted by molar-refractivity contribution is 0.106. The maximum Gasteiger partial charge on any atom is 0.211 e. The van der Waals surface area contributed by atoms with Crippen LogP contribution in [0.5, 0.6) is 11.5 Å². The first-order valence-electron chi connectivity index (χ1n) is 6.31. The van der Waals surface area contributed by atoms with Crippen LogP contribution in [0, 0.1) is 0 Å². The van der Waals surface area contributed by atoms with Crippen molar-refractivity contribution in [3.05, 3.63) is 23.3 Å². The number of fused-ring (bicyclic) bond motifs is 1. The van der Waals surface area contributed by atoms with Gasteiger partial charge in [0.1, 0.15) is 5.71 Å². The maximum absolute atomic E-state index is 11.9. The van der Waals surface area contributed by atoms with E-state index in [2.05, 4.69) is 12.1 Å².